The summed E-state index contributed by atoms with van der Waals surface area (Å²) in [6.07, 6.45) is 9.49. The Bertz CT molecular complexity index is 470. The van der Waals surface area contributed by atoms with Crippen LogP contribution >= 0.6 is 0 Å². The molecular weight excluding hydrogens is 246 g/mol. The van der Waals surface area contributed by atoms with Crippen molar-refractivity contribution in [3.8, 4) is 5.75 Å². The van der Waals surface area contributed by atoms with Gasteiger partial charge in [0.1, 0.15) is 5.75 Å². The van der Waals surface area contributed by atoms with E-state index in [1.807, 2.05) is 0 Å². The number of fused-ring (bicyclic) bond motifs is 3. The van der Waals surface area contributed by atoms with Crippen molar-refractivity contribution >= 4 is 0 Å². The second-order valence-electron chi connectivity index (χ2n) is 6.51. The molecule has 1 saturated carbocycles. The van der Waals surface area contributed by atoms with E-state index in [0.717, 1.165) is 18.2 Å². The zero-order chi connectivity index (χ0) is 14.0. The van der Waals surface area contributed by atoms with Gasteiger partial charge >= 0.3 is 0 Å². The van der Waals surface area contributed by atoms with Crippen LogP contribution < -0.4 is 10.1 Å². The SMILES string of the molecule is CNCC[C@@]12CCCC[C@@H]1CCc1ccc(OC)cc12. The predicted octanol–water partition coefficient (Wildman–Crippen LogP) is 3.68. The quantitative estimate of drug-likeness (QED) is 0.903. The van der Waals surface area contributed by atoms with Crippen molar-refractivity contribution in [1.82, 2.24) is 5.32 Å². The molecule has 1 fully saturated rings. The number of rotatable bonds is 4. The second-order valence-corrected chi connectivity index (χ2v) is 6.51. The summed E-state index contributed by atoms with van der Waals surface area (Å²) in [5.41, 5.74) is 3.58. The third kappa shape index (κ3) is 2.24. The maximum atomic E-state index is 5.49. The van der Waals surface area contributed by atoms with E-state index in [-0.39, 0.29) is 0 Å². The minimum atomic E-state index is 0.406. The fraction of sp³-hybridized carbons (Fsp3) is 0.667. The van der Waals surface area contributed by atoms with Crippen LogP contribution in [-0.4, -0.2) is 20.7 Å². The van der Waals surface area contributed by atoms with Crippen molar-refractivity contribution in [2.75, 3.05) is 20.7 Å². The average Bonchev–Trinajstić information content (AvgIpc) is 2.52. The van der Waals surface area contributed by atoms with E-state index in [1.165, 1.54) is 44.9 Å². The summed E-state index contributed by atoms with van der Waals surface area (Å²) >= 11 is 0. The zero-order valence-corrected chi connectivity index (χ0v) is 12.9. The Balaban J connectivity index is 2.04. The van der Waals surface area contributed by atoms with E-state index >= 15 is 0 Å². The Labute approximate surface area is 122 Å². The molecule has 0 bridgehead atoms. The van der Waals surface area contributed by atoms with Crippen molar-refractivity contribution in [1.29, 1.82) is 0 Å². The van der Waals surface area contributed by atoms with Gasteiger partial charge in [-0.1, -0.05) is 18.9 Å². The first-order chi connectivity index (χ1) is 9.80. The molecule has 0 radical (unpaired) electrons. The summed E-state index contributed by atoms with van der Waals surface area (Å²) in [4.78, 5) is 0. The van der Waals surface area contributed by atoms with Crippen LogP contribution in [0.25, 0.3) is 0 Å². The van der Waals surface area contributed by atoms with Gasteiger partial charge in [-0.25, -0.2) is 0 Å². The maximum Gasteiger partial charge on any atom is 0.119 e. The van der Waals surface area contributed by atoms with Gasteiger partial charge in [-0.05, 0) is 80.3 Å². The van der Waals surface area contributed by atoms with Gasteiger partial charge in [-0.15, -0.1) is 0 Å². The Morgan fingerprint density at radius 3 is 3.00 bits per heavy atom. The molecule has 2 atom stereocenters. The highest BCUT2D eigenvalue weighted by Crippen LogP contribution is 2.52. The molecule has 0 aliphatic heterocycles. The van der Waals surface area contributed by atoms with Gasteiger partial charge in [0.15, 0.2) is 0 Å². The van der Waals surface area contributed by atoms with Crippen molar-refractivity contribution < 1.29 is 4.74 Å². The molecule has 0 saturated heterocycles. The van der Waals surface area contributed by atoms with Crippen LogP contribution in [0.3, 0.4) is 0 Å². The normalized spacial score (nSPS) is 28.6. The molecule has 2 aliphatic rings. The molecule has 110 valence electrons. The highest BCUT2D eigenvalue weighted by Gasteiger charge is 2.44. The molecule has 0 amide bonds. The standard InChI is InChI=1S/C18H27NO/c1-19-12-11-18-10-4-3-5-15(18)8-6-14-7-9-16(20-2)13-17(14)18/h7,9,13,15,19H,3-6,8,10-12H2,1-2H3/t15-,18+/m1/s1. The lowest BCUT2D eigenvalue weighted by Gasteiger charge is -2.49. The van der Waals surface area contributed by atoms with Crippen LogP contribution in [-0.2, 0) is 11.8 Å². The molecule has 2 heteroatoms. The van der Waals surface area contributed by atoms with Gasteiger partial charge in [-0.2, -0.15) is 0 Å². The minimum Gasteiger partial charge on any atom is -0.497 e. The molecule has 0 heterocycles. The van der Waals surface area contributed by atoms with E-state index in [9.17, 15) is 0 Å². The third-order valence-corrected chi connectivity index (χ3v) is 5.64. The van der Waals surface area contributed by atoms with E-state index in [1.54, 1.807) is 18.2 Å². The van der Waals surface area contributed by atoms with Gasteiger partial charge in [0.05, 0.1) is 7.11 Å². The molecule has 20 heavy (non-hydrogen) atoms. The Morgan fingerprint density at radius 1 is 1.30 bits per heavy atom. The van der Waals surface area contributed by atoms with Crippen molar-refractivity contribution in [3.05, 3.63) is 29.3 Å². The lowest BCUT2D eigenvalue weighted by atomic mass is 9.56. The number of benzene rings is 1. The summed E-state index contributed by atoms with van der Waals surface area (Å²) in [6, 6.07) is 6.77. The smallest absolute Gasteiger partial charge is 0.119 e. The van der Waals surface area contributed by atoms with Crippen LogP contribution in [0.15, 0.2) is 18.2 Å². The molecule has 2 nitrogen and oxygen atoms in total. The van der Waals surface area contributed by atoms with Crippen LogP contribution in [0.5, 0.6) is 5.75 Å². The van der Waals surface area contributed by atoms with Crippen molar-refractivity contribution in [2.45, 2.75) is 50.4 Å². The van der Waals surface area contributed by atoms with Gasteiger partial charge in [-0.3, -0.25) is 0 Å². The van der Waals surface area contributed by atoms with Crippen LogP contribution in [0.1, 0.15) is 49.7 Å². The summed E-state index contributed by atoms with van der Waals surface area (Å²) in [5, 5.41) is 3.37. The number of aryl methyl sites for hydroxylation is 1. The first kappa shape index (κ1) is 13.9. The lowest BCUT2D eigenvalue weighted by Crippen LogP contribution is -2.43. The van der Waals surface area contributed by atoms with Gasteiger partial charge in [0.25, 0.3) is 0 Å². The fourth-order valence-corrected chi connectivity index (χ4v) is 4.59. The lowest BCUT2D eigenvalue weighted by molar-refractivity contribution is 0.147. The van der Waals surface area contributed by atoms with Gasteiger partial charge < -0.3 is 10.1 Å². The Hall–Kier alpha value is -1.02. The molecular formula is C18H27NO. The van der Waals surface area contributed by atoms with Gasteiger partial charge in [0, 0.05) is 0 Å². The maximum absolute atomic E-state index is 5.49. The fourth-order valence-electron chi connectivity index (χ4n) is 4.59. The predicted molar refractivity (Wildman–Crippen MR) is 83.5 cm³/mol. The van der Waals surface area contributed by atoms with Crippen molar-refractivity contribution in [2.24, 2.45) is 5.92 Å². The Kier molecular flexibility index (Phi) is 4.02. The van der Waals surface area contributed by atoms with Crippen molar-refractivity contribution in [3.63, 3.8) is 0 Å². The topological polar surface area (TPSA) is 21.3 Å². The van der Waals surface area contributed by atoms with E-state index in [4.69, 9.17) is 4.74 Å². The molecule has 2 aliphatic carbocycles. The number of methoxy groups -OCH3 is 1. The number of nitrogens with one attached hydrogen (secondary N) is 1. The monoisotopic (exact) mass is 273 g/mol. The van der Waals surface area contributed by atoms with Gasteiger partial charge in [0.2, 0.25) is 0 Å². The Morgan fingerprint density at radius 2 is 2.20 bits per heavy atom. The summed E-state index contributed by atoms with van der Waals surface area (Å²) in [5.74, 6) is 1.91. The van der Waals surface area contributed by atoms with E-state index < -0.39 is 0 Å². The summed E-state index contributed by atoms with van der Waals surface area (Å²) < 4.78 is 5.49. The highest BCUT2D eigenvalue weighted by molar-refractivity contribution is 5.43. The molecule has 0 aromatic heterocycles. The zero-order valence-electron chi connectivity index (χ0n) is 12.9. The highest BCUT2D eigenvalue weighted by atomic mass is 16.5. The molecule has 1 N–H and O–H groups in total. The molecule has 1 aromatic rings. The number of hydrogen-bond donors (Lipinski definition) is 1. The average molecular weight is 273 g/mol. The molecule has 1 aromatic carbocycles. The van der Waals surface area contributed by atoms with Crippen LogP contribution in [0.2, 0.25) is 0 Å². The van der Waals surface area contributed by atoms with E-state index in [0.29, 0.717) is 5.41 Å². The number of hydrogen-bond acceptors (Lipinski definition) is 2. The van der Waals surface area contributed by atoms with E-state index in [2.05, 4.69) is 30.6 Å². The number of ether oxygens (including phenoxy) is 1. The first-order valence-corrected chi connectivity index (χ1v) is 8.12. The minimum absolute atomic E-state index is 0.406. The largest absolute Gasteiger partial charge is 0.497 e. The molecule has 3 rings (SSSR count). The summed E-state index contributed by atoms with van der Waals surface area (Å²) in [6.45, 7) is 1.12. The van der Waals surface area contributed by atoms with Crippen LogP contribution in [0, 0.1) is 5.92 Å². The third-order valence-electron chi connectivity index (χ3n) is 5.64. The first-order valence-electron chi connectivity index (χ1n) is 8.12. The summed E-state index contributed by atoms with van der Waals surface area (Å²) in [7, 11) is 3.85. The second kappa shape index (κ2) is 5.77. The molecule has 0 unspecified atom stereocenters. The molecule has 0 spiro atoms. The van der Waals surface area contributed by atoms with Crippen LogP contribution in [0.4, 0.5) is 0 Å².